The third-order valence-electron chi connectivity index (χ3n) is 6.36. The number of ether oxygens (including phenoxy) is 1. The van der Waals surface area contributed by atoms with Crippen molar-refractivity contribution >= 4 is 23.2 Å². The predicted molar refractivity (Wildman–Crippen MR) is 148 cm³/mol. The lowest BCUT2D eigenvalue weighted by Crippen LogP contribution is -2.22. The molecule has 0 aliphatic heterocycles. The average Bonchev–Trinajstić information content (AvgIpc) is 2.87. The molecule has 0 saturated carbocycles. The molecular formula is C31H38N2O3. The number of amides is 2. The van der Waals surface area contributed by atoms with Crippen LogP contribution in [0.25, 0.3) is 0 Å². The van der Waals surface area contributed by atoms with Gasteiger partial charge in [0.1, 0.15) is 5.75 Å². The number of carbonyl (C=O) groups excluding carboxylic acids is 2. The Balaban J connectivity index is 1.65. The molecule has 0 spiro atoms. The SMILES string of the molecule is CCc1cccc(CC)c1NC(=O)COc1ccc(C(=O)Nc2c(C(C)C)cccc2C(C)C)cc1. The molecular weight excluding hydrogens is 448 g/mol. The van der Waals surface area contributed by atoms with Crippen molar-refractivity contribution in [3.8, 4) is 5.75 Å². The standard InChI is InChI=1S/C31H38N2O3/c1-7-22-11-9-12-23(8-2)29(22)32-28(34)19-36-25-17-15-24(16-18-25)31(35)33-30-26(20(3)4)13-10-14-27(30)21(5)6/h9-18,20-21H,7-8,19H2,1-6H3,(H,32,34)(H,33,35). The molecule has 2 amide bonds. The quantitative estimate of drug-likeness (QED) is 0.315. The summed E-state index contributed by atoms with van der Waals surface area (Å²) in [6.07, 6.45) is 1.68. The number of hydrogen-bond acceptors (Lipinski definition) is 3. The maximum atomic E-state index is 13.0. The fourth-order valence-corrected chi connectivity index (χ4v) is 4.31. The maximum Gasteiger partial charge on any atom is 0.262 e. The Kier molecular flexibility index (Phi) is 9.29. The van der Waals surface area contributed by atoms with Crippen LogP contribution in [0.2, 0.25) is 0 Å². The minimum absolute atomic E-state index is 0.105. The number of nitrogens with one attached hydrogen (secondary N) is 2. The van der Waals surface area contributed by atoms with E-state index in [9.17, 15) is 9.59 Å². The van der Waals surface area contributed by atoms with Crippen molar-refractivity contribution in [2.45, 2.75) is 66.2 Å². The van der Waals surface area contributed by atoms with Gasteiger partial charge in [0, 0.05) is 16.9 Å². The minimum atomic E-state index is -0.209. The van der Waals surface area contributed by atoms with Crippen molar-refractivity contribution in [3.05, 3.63) is 88.5 Å². The summed E-state index contributed by atoms with van der Waals surface area (Å²) in [6, 6.07) is 19.1. The van der Waals surface area contributed by atoms with Gasteiger partial charge < -0.3 is 15.4 Å². The second-order valence-corrected chi connectivity index (χ2v) is 9.59. The molecule has 3 aromatic rings. The first-order valence-corrected chi connectivity index (χ1v) is 12.8. The minimum Gasteiger partial charge on any atom is -0.484 e. The van der Waals surface area contributed by atoms with Crippen LogP contribution in [0.15, 0.2) is 60.7 Å². The van der Waals surface area contributed by atoms with Crippen molar-refractivity contribution in [1.29, 1.82) is 0 Å². The van der Waals surface area contributed by atoms with Crippen LogP contribution in [-0.2, 0) is 17.6 Å². The summed E-state index contributed by atoms with van der Waals surface area (Å²) in [5, 5.41) is 6.14. The number of anilines is 2. The van der Waals surface area contributed by atoms with Crippen molar-refractivity contribution < 1.29 is 14.3 Å². The van der Waals surface area contributed by atoms with Gasteiger partial charge in [-0.25, -0.2) is 0 Å². The summed E-state index contributed by atoms with van der Waals surface area (Å²) in [5.41, 5.74) is 6.77. The first-order valence-electron chi connectivity index (χ1n) is 12.8. The molecule has 3 aromatic carbocycles. The van der Waals surface area contributed by atoms with Crippen LogP contribution in [0.4, 0.5) is 11.4 Å². The second-order valence-electron chi connectivity index (χ2n) is 9.59. The van der Waals surface area contributed by atoms with Gasteiger partial charge in [0.05, 0.1) is 0 Å². The van der Waals surface area contributed by atoms with Crippen LogP contribution >= 0.6 is 0 Å². The lowest BCUT2D eigenvalue weighted by molar-refractivity contribution is -0.118. The summed E-state index contributed by atoms with van der Waals surface area (Å²) in [7, 11) is 0. The maximum absolute atomic E-state index is 13.0. The molecule has 0 atom stereocenters. The molecule has 0 saturated heterocycles. The molecule has 5 heteroatoms. The fraction of sp³-hybridized carbons (Fsp3) is 0.355. The van der Waals surface area contributed by atoms with Gasteiger partial charge in [-0.2, -0.15) is 0 Å². The van der Waals surface area contributed by atoms with Crippen LogP contribution < -0.4 is 15.4 Å². The number of hydrogen-bond donors (Lipinski definition) is 2. The van der Waals surface area contributed by atoms with Crippen LogP contribution in [0.5, 0.6) is 5.75 Å². The molecule has 2 N–H and O–H groups in total. The lowest BCUT2D eigenvalue weighted by Gasteiger charge is -2.20. The Morgan fingerprint density at radius 1 is 0.722 bits per heavy atom. The van der Waals surface area contributed by atoms with E-state index in [1.165, 1.54) is 0 Å². The van der Waals surface area contributed by atoms with E-state index in [2.05, 4.69) is 64.3 Å². The first-order chi connectivity index (χ1) is 17.2. The fourth-order valence-electron chi connectivity index (χ4n) is 4.31. The molecule has 190 valence electrons. The molecule has 0 heterocycles. The highest BCUT2D eigenvalue weighted by Gasteiger charge is 2.17. The van der Waals surface area contributed by atoms with Crippen LogP contribution in [0.3, 0.4) is 0 Å². The zero-order chi connectivity index (χ0) is 26.2. The highest BCUT2D eigenvalue weighted by atomic mass is 16.5. The summed E-state index contributed by atoms with van der Waals surface area (Å²) in [6.45, 7) is 12.5. The molecule has 0 aliphatic carbocycles. The van der Waals surface area contributed by atoms with Crippen molar-refractivity contribution in [2.24, 2.45) is 0 Å². The summed E-state index contributed by atoms with van der Waals surface area (Å²) in [4.78, 5) is 25.6. The molecule has 3 rings (SSSR count). The topological polar surface area (TPSA) is 67.4 Å². The Bertz CT molecular complexity index is 1150. The van der Waals surface area contributed by atoms with Crippen molar-refractivity contribution in [1.82, 2.24) is 0 Å². The van der Waals surface area contributed by atoms with Gasteiger partial charge in [-0.15, -0.1) is 0 Å². The second kappa shape index (κ2) is 12.4. The average molecular weight is 487 g/mol. The number of benzene rings is 3. The van der Waals surface area contributed by atoms with Gasteiger partial charge in [-0.3, -0.25) is 9.59 Å². The van der Waals surface area contributed by atoms with E-state index >= 15 is 0 Å². The number of carbonyl (C=O) groups is 2. The van der Waals surface area contributed by atoms with E-state index in [4.69, 9.17) is 4.74 Å². The Morgan fingerprint density at radius 3 is 1.75 bits per heavy atom. The highest BCUT2D eigenvalue weighted by molar-refractivity contribution is 6.05. The van der Waals surface area contributed by atoms with E-state index in [1.54, 1.807) is 24.3 Å². The van der Waals surface area contributed by atoms with E-state index < -0.39 is 0 Å². The molecule has 0 aromatic heterocycles. The predicted octanol–water partition coefficient (Wildman–Crippen LogP) is 7.33. The Labute approximate surface area is 215 Å². The van der Waals surface area contributed by atoms with E-state index in [0.29, 0.717) is 23.1 Å². The number of aryl methyl sites for hydroxylation is 2. The van der Waals surface area contributed by atoms with Crippen molar-refractivity contribution in [3.63, 3.8) is 0 Å². The van der Waals surface area contributed by atoms with Gasteiger partial charge >= 0.3 is 0 Å². The third kappa shape index (κ3) is 6.54. The van der Waals surface area contributed by atoms with E-state index in [0.717, 1.165) is 46.5 Å². The van der Waals surface area contributed by atoms with Gasteiger partial charge in [0.15, 0.2) is 6.61 Å². The third-order valence-corrected chi connectivity index (χ3v) is 6.36. The van der Waals surface area contributed by atoms with Crippen molar-refractivity contribution in [2.75, 3.05) is 17.2 Å². The zero-order valence-corrected chi connectivity index (χ0v) is 22.3. The van der Waals surface area contributed by atoms with Crippen LogP contribution in [-0.4, -0.2) is 18.4 Å². The summed E-state index contributed by atoms with van der Waals surface area (Å²) >= 11 is 0. The van der Waals surface area contributed by atoms with Crippen LogP contribution in [0, 0.1) is 0 Å². The van der Waals surface area contributed by atoms with E-state index in [-0.39, 0.29) is 18.4 Å². The lowest BCUT2D eigenvalue weighted by atomic mass is 9.92. The monoisotopic (exact) mass is 486 g/mol. The summed E-state index contributed by atoms with van der Waals surface area (Å²) in [5.74, 6) is 0.736. The normalized spacial score (nSPS) is 11.0. The number of para-hydroxylation sites is 2. The number of rotatable bonds is 10. The Hall–Kier alpha value is -3.60. The molecule has 0 bridgehead atoms. The molecule has 0 unspecified atom stereocenters. The first kappa shape index (κ1) is 27.0. The van der Waals surface area contributed by atoms with Gasteiger partial charge in [0.2, 0.25) is 0 Å². The van der Waals surface area contributed by atoms with E-state index in [1.807, 2.05) is 24.3 Å². The van der Waals surface area contributed by atoms with Gasteiger partial charge in [0.25, 0.3) is 11.8 Å². The molecule has 0 aliphatic rings. The van der Waals surface area contributed by atoms with Crippen LogP contribution in [0.1, 0.15) is 86.0 Å². The molecule has 5 nitrogen and oxygen atoms in total. The highest BCUT2D eigenvalue weighted by Crippen LogP contribution is 2.32. The summed E-state index contributed by atoms with van der Waals surface area (Å²) < 4.78 is 5.70. The molecule has 0 fully saturated rings. The largest absolute Gasteiger partial charge is 0.484 e. The Morgan fingerprint density at radius 2 is 1.25 bits per heavy atom. The zero-order valence-electron chi connectivity index (χ0n) is 22.3. The molecule has 0 radical (unpaired) electrons. The van der Waals surface area contributed by atoms with Gasteiger partial charge in [-0.1, -0.05) is 77.9 Å². The molecule has 36 heavy (non-hydrogen) atoms. The van der Waals surface area contributed by atoms with Gasteiger partial charge in [-0.05, 0) is 71.2 Å². The smallest absolute Gasteiger partial charge is 0.262 e.